The molecule has 1 N–H and O–H groups in total. The Morgan fingerprint density at radius 3 is 2.40 bits per heavy atom. The SMILES string of the molecule is CC1=CNC1. The lowest BCUT2D eigenvalue weighted by molar-refractivity contribution is 0.833. The first-order chi connectivity index (χ1) is 2.39. The van der Waals surface area contributed by atoms with Crippen LogP contribution in [0, 0.1) is 0 Å². The Bertz CT molecular complexity index is 64.0. The number of nitrogens with one attached hydrogen (secondary N) is 1. The van der Waals surface area contributed by atoms with Crippen LogP contribution in [0.15, 0.2) is 11.8 Å². The number of rotatable bonds is 0. The van der Waals surface area contributed by atoms with Crippen LogP contribution in [-0.2, 0) is 0 Å². The van der Waals surface area contributed by atoms with Gasteiger partial charge < -0.3 is 5.32 Å². The van der Waals surface area contributed by atoms with E-state index in [9.17, 15) is 0 Å². The lowest BCUT2D eigenvalue weighted by atomic mass is 10.2. The van der Waals surface area contributed by atoms with Crippen LogP contribution in [0.3, 0.4) is 0 Å². The van der Waals surface area contributed by atoms with Crippen molar-refractivity contribution in [2.75, 3.05) is 6.54 Å². The Morgan fingerprint density at radius 1 is 2.00 bits per heavy atom. The first-order valence-corrected chi connectivity index (χ1v) is 1.78. The van der Waals surface area contributed by atoms with Crippen molar-refractivity contribution in [2.45, 2.75) is 6.92 Å². The van der Waals surface area contributed by atoms with Gasteiger partial charge in [0.25, 0.3) is 0 Å². The molecule has 0 aromatic rings. The first-order valence-electron chi connectivity index (χ1n) is 1.78. The van der Waals surface area contributed by atoms with E-state index >= 15 is 0 Å². The van der Waals surface area contributed by atoms with Crippen LogP contribution in [0.25, 0.3) is 0 Å². The largest absolute Gasteiger partial charge is 0.387 e. The average Bonchev–Trinajstić information content (AvgIpc) is 1.30. The second-order valence-electron chi connectivity index (χ2n) is 1.37. The van der Waals surface area contributed by atoms with Gasteiger partial charge in [-0.1, -0.05) is 0 Å². The summed E-state index contributed by atoms with van der Waals surface area (Å²) < 4.78 is 0. The van der Waals surface area contributed by atoms with Crippen molar-refractivity contribution in [1.82, 2.24) is 5.32 Å². The fraction of sp³-hybridized carbons (Fsp3) is 0.500. The van der Waals surface area contributed by atoms with Crippen molar-refractivity contribution < 1.29 is 0 Å². The van der Waals surface area contributed by atoms with Gasteiger partial charge in [0.15, 0.2) is 0 Å². The fourth-order valence-electron chi connectivity index (χ4n) is 0.306. The van der Waals surface area contributed by atoms with Crippen molar-refractivity contribution in [3.05, 3.63) is 11.8 Å². The normalized spacial score (nSPS) is 19.0. The lowest BCUT2D eigenvalue weighted by Crippen LogP contribution is -2.18. The second kappa shape index (κ2) is 0.744. The molecule has 1 heteroatoms. The summed E-state index contributed by atoms with van der Waals surface area (Å²) >= 11 is 0. The molecule has 1 aliphatic rings. The molecule has 28 valence electrons. The molecule has 1 nitrogen and oxygen atoms in total. The molecule has 1 aliphatic heterocycles. The standard InChI is InChI=1S/C4H7N/c1-4-2-5-3-4/h2,5H,3H2,1H3. The van der Waals surface area contributed by atoms with Crippen LogP contribution in [0.4, 0.5) is 0 Å². The predicted octanol–water partition coefficient (Wildman–Crippen LogP) is 0.493. The Balaban J connectivity index is 2.51. The molecule has 0 aromatic carbocycles. The van der Waals surface area contributed by atoms with Crippen LogP contribution < -0.4 is 5.32 Å². The van der Waals surface area contributed by atoms with E-state index in [1.807, 2.05) is 6.20 Å². The molecule has 0 radical (unpaired) electrons. The summed E-state index contributed by atoms with van der Waals surface area (Å²) in [7, 11) is 0. The maximum atomic E-state index is 3.00. The van der Waals surface area contributed by atoms with Gasteiger partial charge >= 0.3 is 0 Å². The summed E-state index contributed by atoms with van der Waals surface area (Å²) in [6.45, 7) is 3.20. The van der Waals surface area contributed by atoms with E-state index in [0.717, 1.165) is 6.54 Å². The van der Waals surface area contributed by atoms with E-state index in [-0.39, 0.29) is 0 Å². The molecule has 0 bridgehead atoms. The van der Waals surface area contributed by atoms with Gasteiger partial charge in [-0.2, -0.15) is 0 Å². The molecule has 1 heterocycles. The maximum absolute atomic E-state index is 3.00. The molecule has 0 saturated carbocycles. The van der Waals surface area contributed by atoms with Gasteiger partial charge in [-0.3, -0.25) is 0 Å². The Hall–Kier alpha value is -0.460. The van der Waals surface area contributed by atoms with Crippen LogP contribution in [0.5, 0.6) is 0 Å². The maximum Gasteiger partial charge on any atom is 0.0369 e. The molecule has 0 spiro atoms. The van der Waals surface area contributed by atoms with Gasteiger partial charge in [-0.05, 0) is 18.7 Å². The fourth-order valence-corrected chi connectivity index (χ4v) is 0.306. The van der Waals surface area contributed by atoms with Gasteiger partial charge in [-0.15, -0.1) is 0 Å². The third-order valence-electron chi connectivity index (χ3n) is 0.729. The predicted molar refractivity (Wildman–Crippen MR) is 21.8 cm³/mol. The summed E-state index contributed by atoms with van der Waals surface area (Å²) in [5.41, 5.74) is 1.45. The molecule has 0 saturated heterocycles. The third kappa shape index (κ3) is 0.274. The lowest BCUT2D eigenvalue weighted by Gasteiger charge is -2.09. The molecule has 5 heavy (non-hydrogen) atoms. The molecular formula is C4H7N. The summed E-state index contributed by atoms with van der Waals surface area (Å²) in [6, 6.07) is 0. The van der Waals surface area contributed by atoms with Crippen LogP contribution >= 0.6 is 0 Å². The molecule has 0 aliphatic carbocycles. The minimum atomic E-state index is 1.10. The summed E-state index contributed by atoms with van der Waals surface area (Å²) in [4.78, 5) is 0. The van der Waals surface area contributed by atoms with Crippen LogP contribution in [-0.4, -0.2) is 6.54 Å². The van der Waals surface area contributed by atoms with E-state index in [1.165, 1.54) is 5.57 Å². The smallest absolute Gasteiger partial charge is 0.0369 e. The molecule has 0 fully saturated rings. The second-order valence-corrected chi connectivity index (χ2v) is 1.37. The van der Waals surface area contributed by atoms with E-state index in [0.29, 0.717) is 0 Å². The zero-order valence-corrected chi connectivity index (χ0v) is 3.28. The van der Waals surface area contributed by atoms with Gasteiger partial charge in [0.2, 0.25) is 0 Å². The number of hydrogen-bond donors (Lipinski definition) is 1. The highest BCUT2D eigenvalue weighted by Crippen LogP contribution is 1.93. The van der Waals surface area contributed by atoms with Gasteiger partial charge in [0.05, 0.1) is 0 Å². The van der Waals surface area contributed by atoms with E-state index in [2.05, 4.69) is 12.2 Å². The summed E-state index contributed by atoms with van der Waals surface area (Å²) in [5.74, 6) is 0. The molecule has 0 aromatic heterocycles. The topological polar surface area (TPSA) is 12.0 Å². The van der Waals surface area contributed by atoms with Crippen molar-refractivity contribution in [2.24, 2.45) is 0 Å². The van der Waals surface area contributed by atoms with Crippen LogP contribution in [0.1, 0.15) is 6.92 Å². The average molecular weight is 69.1 g/mol. The van der Waals surface area contributed by atoms with E-state index in [4.69, 9.17) is 0 Å². The van der Waals surface area contributed by atoms with Crippen molar-refractivity contribution >= 4 is 0 Å². The molecule has 0 atom stereocenters. The quantitative estimate of drug-likeness (QED) is 0.436. The van der Waals surface area contributed by atoms with Gasteiger partial charge in [-0.25, -0.2) is 0 Å². The van der Waals surface area contributed by atoms with Gasteiger partial charge in [0, 0.05) is 6.54 Å². The molecule has 0 amide bonds. The monoisotopic (exact) mass is 69.1 g/mol. The summed E-state index contributed by atoms with van der Waals surface area (Å²) in [6.07, 6.45) is 2.01. The highest BCUT2D eigenvalue weighted by molar-refractivity contribution is 5.08. The molecule has 1 rings (SSSR count). The highest BCUT2D eigenvalue weighted by atomic mass is 14.9. The zero-order chi connectivity index (χ0) is 3.70. The Morgan fingerprint density at radius 2 is 2.40 bits per heavy atom. The van der Waals surface area contributed by atoms with E-state index < -0.39 is 0 Å². The van der Waals surface area contributed by atoms with Gasteiger partial charge in [0.1, 0.15) is 0 Å². The minimum Gasteiger partial charge on any atom is -0.387 e. The third-order valence-corrected chi connectivity index (χ3v) is 0.729. The van der Waals surface area contributed by atoms with Crippen LogP contribution in [0.2, 0.25) is 0 Å². The molecule has 0 unspecified atom stereocenters. The first kappa shape index (κ1) is 2.76. The van der Waals surface area contributed by atoms with Crippen molar-refractivity contribution in [1.29, 1.82) is 0 Å². The summed E-state index contributed by atoms with van der Waals surface area (Å²) in [5, 5.41) is 3.00. The van der Waals surface area contributed by atoms with E-state index in [1.54, 1.807) is 0 Å². The highest BCUT2D eigenvalue weighted by Gasteiger charge is 1.92. The van der Waals surface area contributed by atoms with Crippen molar-refractivity contribution in [3.8, 4) is 0 Å². The van der Waals surface area contributed by atoms with Crippen molar-refractivity contribution in [3.63, 3.8) is 0 Å². The Kier molecular flexibility index (Phi) is 0.411. The molecular weight excluding hydrogens is 62.1 g/mol. The Labute approximate surface area is 31.7 Å². The minimum absolute atomic E-state index is 1.10. The zero-order valence-electron chi connectivity index (χ0n) is 3.28. The number of hydrogen-bond acceptors (Lipinski definition) is 1.